The summed E-state index contributed by atoms with van der Waals surface area (Å²) in [5.74, 6) is 0. The predicted molar refractivity (Wildman–Crippen MR) is 73.9 cm³/mol. The third-order valence-corrected chi connectivity index (χ3v) is 3.13. The second-order valence-corrected chi connectivity index (χ2v) is 4.70. The van der Waals surface area contributed by atoms with E-state index in [1.807, 2.05) is 25.1 Å². The molecule has 0 saturated carbocycles. The summed E-state index contributed by atoms with van der Waals surface area (Å²) in [6, 6.07) is 7.77. The molecule has 1 N–H and O–H groups in total. The van der Waals surface area contributed by atoms with Crippen LogP contribution in [0.5, 0.6) is 0 Å². The minimum absolute atomic E-state index is 0.356. The van der Waals surface area contributed by atoms with Crippen LogP contribution in [0.15, 0.2) is 27.8 Å². The molecule has 0 aliphatic carbocycles. The van der Waals surface area contributed by atoms with E-state index >= 15 is 0 Å². The lowest BCUT2D eigenvalue weighted by molar-refractivity contribution is 0.606. The summed E-state index contributed by atoms with van der Waals surface area (Å²) in [7, 11) is 0. The second kappa shape index (κ2) is 7.72. The topological polar surface area (TPSA) is 84.6 Å². The van der Waals surface area contributed by atoms with Crippen molar-refractivity contribution in [3.63, 3.8) is 0 Å². The molecule has 1 rings (SSSR count). The molecular formula is C12H14BrN5. The molecule has 0 heterocycles. The number of nitrogens with one attached hydrogen (secondary N) is 1. The predicted octanol–water partition coefficient (Wildman–Crippen LogP) is 3.61. The molecule has 1 aromatic carbocycles. The Morgan fingerprint density at radius 2 is 2.39 bits per heavy atom. The first kappa shape index (κ1) is 14.5. The summed E-state index contributed by atoms with van der Waals surface area (Å²) in [5.41, 5.74) is 10.2. The summed E-state index contributed by atoms with van der Waals surface area (Å²) in [5, 5.41) is 15.7. The van der Waals surface area contributed by atoms with Gasteiger partial charge < -0.3 is 0 Å². The molecule has 0 bridgehead atoms. The van der Waals surface area contributed by atoms with Crippen LogP contribution in [0.2, 0.25) is 0 Å². The highest BCUT2D eigenvalue weighted by Crippen LogP contribution is 2.24. The zero-order chi connectivity index (χ0) is 13.4. The highest BCUT2D eigenvalue weighted by molar-refractivity contribution is 9.10. The fraction of sp³-hybridized carbons (Fsp3) is 0.417. The van der Waals surface area contributed by atoms with E-state index in [9.17, 15) is 0 Å². The Morgan fingerprint density at radius 3 is 3.00 bits per heavy atom. The monoisotopic (exact) mass is 307 g/mol. The average molecular weight is 308 g/mol. The molecule has 1 atom stereocenters. The van der Waals surface area contributed by atoms with Gasteiger partial charge in [0.05, 0.1) is 6.07 Å². The molecule has 0 saturated heterocycles. The maximum absolute atomic E-state index is 9.16. The molecular weight excluding hydrogens is 294 g/mol. The molecule has 0 spiro atoms. The van der Waals surface area contributed by atoms with Gasteiger partial charge in [0.2, 0.25) is 0 Å². The van der Waals surface area contributed by atoms with Crippen molar-refractivity contribution in [2.45, 2.75) is 19.4 Å². The van der Waals surface area contributed by atoms with Crippen LogP contribution in [0.1, 0.15) is 23.6 Å². The summed E-state index contributed by atoms with van der Waals surface area (Å²) >= 11 is 3.46. The molecule has 0 radical (unpaired) electrons. The fourth-order valence-electron chi connectivity index (χ4n) is 1.53. The molecule has 94 valence electrons. The summed E-state index contributed by atoms with van der Waals surface area (Å²) in [4.78, 5) is 2.68. The normalized spacial score (nSPS) is 11.4. The molecule has 0 aliphatic rings. The maximum atomic E-state index is 9.16. The molecule has 18 heavy (non-hydrogen) atoms. The number of rotatable bonds is 6. The Labute approximate surface area is 115 Å². The zero-order valence-electron chi connectivity index (χ0n) is 10.1. The molecule has 1 aromatic rings. The Morgan fingerprint density at radius 1 is 1.61 bits per heavy atom. The van der Waals surface area contributed by atoms with E-state index in [1.165, 1.54) is 0 Å². The fourth-order valence-corrected chi connectivity index (χ4v) is 2.25. The quantitative estimate of drug-likeness (QED) is 0.377. The van der Waals surface area contributed by atoms with Crippen LogP contribution in [0.25, 0.3) is 10.4 Å². The number of nitriles is 1. The molecule has 0 aliphatic heterocycles. The van der Waals surface area contributed by atoms with E-state index in [0.717, 1.165) is 15.6 Å². The van der Waals surface area contributed by atoms with E-state index in [1.54, 1.807) is 0 Å². The minimum Gasteiger partial charge on any atom is -0.298 e. The second-order valence-electron chi connectivity index (χ2n) is 3.85. The number of nitrogens with zero attached hydrogens (tertiary/aromatic N) is 4. The van der Waals surface area contributed by atoms with Crippen LogP contribution in [-0.2, 0) is 0 Å². The van der Waals surface area contributed by atoms with Gasteiger partial charge in [0.1, 0.15) is 6.04 Å². The van der Waals surface area contributed by atoms with Gasteiger partial charge in [-0.15, -0.1) is 0 Å². The van der Waals surface area contributed by atoms with Gasteiger partial charge in [-0.2, -0.15) is 5.26 Å². The van der Waals surface area contributed by atoms with Gasteiger partial charge in [-0.3, -0.25) is 5.32 Å². The number of benzene rings is 1. The Kier molecular flexibility index (Phi) is 6.23. The maximum Gasteiger partial charge on any atom is 0.122 e. The molecule has 5 nitrogen and oxygen atoms in total. The minimum atomic E-state index is -0.356. The smallest absolute Gasteiger partial charge is 0.122 e. The van der Waals surface area contributed by atoms with Crippen molar-refractivity contribution in [1.29, 1.82) is 5.26 Å². The van der Waals surface area contributed by atoms with E-state index in [-0.39, 0.29) is 6.04 Å². The number of hydrogen-bond acceptors (Lipinski definition) is 3. The van der Waals surface area contributed by atoms with Crippen molar-refractivity contribution in [2.75, 3.05) is 13.1 Å². The van der Waals surface area contributed by atoms with Gasteiger partial charge in [-0.1, -0.05) is 33.2 Å². The van der Waals surface area contributed by atoms with E-state index in [4.69, 9.17) is 10.8 Å². The van der Waals surface area contributed by atoms with Crippen LogP contribution in [0.3, 0.4) is 0 Å². The highest BCUT2D eigenvalue weighted by Gasteiger charge is 2.12. The first-order valence-electron chi connectivity index (χ1n) is 5.59. The molecule has 0 amide bonds. The lowest BCUT2D eigenvalue weighted by Crippen LogP contribution is -2.22. The van der Waals surface area contributed by atoms with Gasteiger partial charge in [0.15, 0.2) is 0 Å². The lowest BCUT2D eigenvalue weighted by atomic mass is 10.1. The average Bonchev–Trinajstić information content (AvgIpc) is 2.35. The lowest BCUT2D eigenvalue weighted by Gasteiger charge is -2.13. The van der Waals surface area contributed by atoms with Gasteiger partial charge in [-0.25, -0.2) is 0 Å². The van der Waals surface area contributed by atoms with Crippen LogP contribution in [0, 0.1) is 18.3 Å². The first-order chi connectivity index (χ1) is 8.69. The Hall–Kier alpha value is -1.54. The van der Waals surface area contributed by atoms with Crippen molar-refractivity contribution < 1.29 is 0 Å². The first-order valence-corrected chi connectivity index (χ1v) is 6.38. The standard InChI is InChI=1S/C12H14BrN5/c1-9-3-4-10(11(13)7-9)12(8-14)16-5-2-6-17-18-15/h3-4,7,12,16H,2,5-6H2,1H3. The van der Waals surface area contributed by atoms with Crippen molar-refractivity contribution >= 4 is 15.9 Å². The number of aryl methyl sites for hydroxylation is 1. The third kappa shape index (κ3) is 4.38. The van der Waals surface area contributed by atoms with Gasteiger partial charge >= 0.3 is 0 Å². The number of azide groups is 1. The van der Waals surface area contributed by atoms with Gasteiger partial charge in [0, 0.05) is 15.9 Å². The Balaban J connectivity index is 2.61. The van der Waals surface area contributed by atoms with Crippen LogP contribution in [0.4, 0.5) is 0 Å². The van der Waals surface area contributed by atoms with Crippen molar-refractivity contribution in [2.24, 2.45) is 5.11 Å². The van der Waals surface area contributed by atoms with Gasteiger partial charge in [-0.05, 0) is 42.6 Å². The number of hydrogen-bond donors (Lipinski definition) is 1. The Bertz CT molecular complexity index is 488. The molecule has 6 heteroatoms. The SMILES string of the molecule is Cc1ccc(C(C#N)NCCCN=[N+]=[N-])c(Br)c1. The van der Waals surface area contributed by atoms with Crippen molar-refractivity contribution in [3.8, 4) is 6.07 Å². The highest BCUT2D eigenvalue weighted by atomic mass is 79.9. The largest absolute Gasteiger partial charge is 0.298 e. The summed E-state index contributed by atoms with van der Waals surface area (Å²) in [6.07, 6.45) is 0.714. The molecule has 0 fully saturated rings. The van der Waals surface area contributed by atoms with Crippen molar-refractivity contribution in [1.82, 2.24) is 5.32 Å². The molecule has 0 aromatic heterocycles. The zero-order valence-corrected chi connectivity index (χ0v) is 11.7. The van der Waals surface area contributed by atoms with Crippen LogP contribution < -0.4 is 5.32 Å². The third-order valence-electron chi connectivity index (χ3n) is 2.44. The van der Waals surface area contributed by atoms with E-state index < -0.39 is 0 Å². The summed E-state index contributed by atoms with van der Waals surface area (Å²) < 4.78 is 0.927. The van der Waals surface area contributed by atoms with E-state index in [2.05, 4.69) is 37.3 Å². The summed E-state index contributed by atoms with van der Waals surface area (Å²) in [6.45, 7) is 3.08. The van der Waals surface area contributed by atoms with Crippen LogP contribution >= 0.6 is 15.9 Å². The van der Waals surface area contributed by atoms with Crippen LogP contribution in [-0.4, -0.2) is 13.1 Å². The van der Waals surface area contributed by atoms with Crippen molar-refractivity contribution in [3.05, 3.63) is 44.2 Å². The van der Waals surface area contributed by atoms with Gasteiger partial charge in [0.25, 0.3) is 0 Å². The van der Waals surface area contributed by atoms with E-state index in [0.29, 0.717) is 19.5 Å². The number of halogens is 1. The molecule has 1 unspecified atom stereocenters.